The lowest BCUT2D eigenvalue weighted by atomic mass is 10.2. The molecule has 2 N–H and O–H groups in total. The number of nitrogens with one attached hydrogen (secondary N) is 2. The second-order valence-corrected chi connectivity index (χ2v) is 6.47. The Morgan fingerprint density at radius 3 is 2.52 bits per heavy atom. The summed E-state index contributed by atoms with van der Waals surface area (Å²) in [4.78, 5) is 24.2. The quantitative estimate of drug-likeness (QED) is 0.612. The maximum Gasteiger partial charge on any atom is 0.281 e. The van der Waals surface area contributed by atoms with Crippen LogP contribution in [0.25, 0.3) is 0 Å². The first-order chi connectivity index (χ1) is 10.9. The third-order valence-electron chi connectivity index (χ3n) is 2.66. The van der Waals surface area contributed by atoms with Gasteiger partial charge in [-0.2, -0.15) is 5.10 Å². The molecule has 0 aliphatic rings. The number of carbonyl (C=O) groups is 2. The molecule has 0 aliphatic carbocycles. The van der Waals surface area contributed by atoms with Crippen LogP contribution in [0.5, 0.6) is 0 Å². The summed E-state index contributed by atoms with van der Waals surface area (Å²) in [5.74, 6) is -0.587. The molecule has 2 rings (SSSR count). The molecule has 1 aromatic carbocycles. The van der Waals surface area contributed by atoms with Gasteiger partial charge in [-0.15, -0.1) is 11.3 Å². The lowest BCUT2D eigenvalue weighted by Crippen LogP contribution is -2.20. The summed E-state index contributed by atoms with van der Waals surface area (Å²) in [6.07, 6.45) is 0.0366. The molecule has 5 nitrogen and oxygen atoms in total. The Bertz CT molecular complexity index is 725. The van der Waals surface area contributed by atoms with Crippen molar-refractivity contribution in [1.82, 2.24) is 5.43 Å². The van der Waals surface area contributed by atoms with Gasteiger partial charge in [0.2, 0.25) is 5.91 Å². The van der Waals surface area contributed by atoms with E-state index in [9.17, 15) is 9.59 Å². The van der Waals surface area contributed by atoms with E-state index in [2.05, 4.69) is 15.8 Å². The van der Waals surface area contributed by atoms with Crippen LogP contribution < -0.4 is 10.7 Å². The highest BCUT2D eigenvalue weighted by atomic mass is 35.5. The van der Waals surface area contributed by atoms with E-state index in [1.165, 1.54) is 11.3 Å². The maximum absolute atomic E-state index is 11.9. The van der Waals surface area contributed by atoms with E-state index < -0.39 is 0 Å². The Labute approximate surface area is 147 Å². The van der Waals surface area contributed by atoms with Gasteiger partial charge in [0.25, 0.3) is 5.91 Å². The number of hydrazone groups is 1. The second kappa shape index (κ2) is 8.10. The van der Waals surface area contributed by atoms with Crippen molar-refractivity contribution in [3.63, 3.8) is 0 Å². The van der Waals surface area contributed by atoms with Crippen LogP contribution in [0.1, 0.15) is 23.0 Å². The molecule has 0 saturated carbocycles. The molecule has 1 heterocycles. The highest BCUT2D eigenvalue weighted by Crippen LogP contribution is 2.22. The van der Waals surface area contributed by atoms with Crippen molar-refractivity contribution in [2.24, 2.45) is 5.10 Å². The molecular weight excluding hydrogens is 357 g/mol. The zero-order valence-corrected chi connectivity index (χ0v) is 14.4. The van der Waals surface area contributed by atoms with Crippen LogP contribution >= 0.6 is 34.5 Å². The van der Waals surface area contributed by atoms with E-state index in [0.29, 0.717) is 26.3 Å². The van der Waals surface area contributed by atoms with E-state index in [1.807, 2.05) is 0 Å². The highest BCUT2D eigenvalue weighted by molar-refractivity contribution is 7.12. The molecule has 0 spiro atoms. The van der Waals surface area contributed by atoms with E-state index in [4.69, 9.17) is 23.2 Å². The molecule has 0 atom stereocenters. The number of hydrogen-bond acceptors (Lipinski definition) is 4. The molecule has 2 amide bonds. The zero-order valence-electron chi connectivity index (χ0n) is 12.1. The topological polar surface area (TPSA) is 70.6 Å². The van der Waals surface area contributed by atoms with Crippen LogP contribution in [0.4, 0.5) is 5.69 Å². The minimum Gasteiger partial charge on any atom is -0.326 e. The molecule has 120 valence electrons. The summed E-state index contributed by atoms with van der Waals surface area (Å²) >= 11 is 13.0. The van der Waals surface area contributed by atoms with Gasteiger partial charge in [0.05, 0.1) is 11.3 Å². The van der Waals surface area contributed by atoms with Crippen LogP contribution in [0, 0.1) is 0 Å². The number of anilines is 1. The van der Waals surface area contributed by atoms with Crippen LogP contribution in [-0.4, -0.2) is 17.5 Å². The fourth-order valence-electron chi connectivity index (χ4n) is 1.71. The number of benzene rings is 1. The third kappa shape index (κ3) is 5.67. The first-order valence-electron chi connectivity index (χ1n) is 6.57. The number of halogens is 2. The number of thiophene rings is 1. The van der Waals surface area contributed by atoms with Gasteiger partial charge in [0.15, 0.2) is 0 Å². The van der Waals surface area contributed by atoms with Crippen molar-refractivity contribution in [3.05, 3.63) is 50.6 Å². The molecule has 0 saturated heterocycles. The lowest BCUT2D eigenvalue weighted by molar-refractivity contribution is -0.115. The number of carbonyl (C=O) groups excluding carboxylic acids is 2. The van der Waals surface area contributed by atoms with Gasteiger partial charge in [-0.3, -0.25) is 9.59 Å². The molecule has 1 aromatic heterocycles. The summed E-state index contributed by atoms with van der Waals surface area (Å²) in [5, 5.41) is 9.24. The van der Waals surface area contributed by atoms with Crippen molar-refractivity contribution in [3.8, 4) is 0 Å². The van der Waals surface area contributed by atoms with Crippen LogP contribution in [0.2, 0.25) is 10.0 Å². The van der Waals surface area contributed by atoms with E-state index in [1.54, 1.807) is 42.6 Å². The summed E-state index contributed by atoms with van der Waals surface area (Å²) in [6, 6.07) is 8.23. The summed E-state index contributed by atoms with van der Waals surface area (Å²) in [7, 11) is 0. The molecule has 0 unspecified atom stereocenters. The van der Waals surface area contributed by atoms with Crippen molar-refractivity contribution < 1.29 is 9.59 Å². The fourth-order valence-corrected chi connectivity index (χ4v) is 2.85. The Hall–Kier alpha value is -1.89. The fraction of sp³-hybridized carbons (Fsp3) is 0.133. The van der Waals surface area contributed by atoms with Gasteiger partial charge in [0, 0.05) is 21.4 Å². The molecular formula is C15H13Cl2N3O2S. The van der Waals surface area contributed by atoms with E-state index in [0.717, 1.165) is 0 Å². The van der Waals surface area contributed by atoms with Gasteiger partial charge in [-0.25, -0.2) is 5.43 Å². The summed E-state index contributed by atoms with van der Waals surface area (Å²) in [5.41, 5.74) is 3.38. The Balaban J connectivity index is 1.89. The molecule has 0 radical (unpaired) electrons. The molecule has 0 fully saturated rings. The van der Waals surface area contributed by atoms with E-state index >= 15 is 0 Å². The first-order valence-corrected chi connectivity index (χ1v) is 8.20. The van der Waals surface area contributed by atoms with Crippen molar-refractivity contribution in [1.29, 1.82) is 0 Å². The van der Waals surface area contributed by atoms with Gasteiger partial charge < -0.3 is 5.32 Å². The normalized spacial score (nSPS) is 11.2. The zero-order chi connectivity index (χ0) is 16.8. The van der Waals surface area contributed by atoms with Crippen molar-refractivity contribution in [2.75, 3.05) is 5.32 Å². The molecule has 2 aromatic rings. The summed E-state index contributed by atoms with van der Waals surface area (Å²) in [6.45, 7) is 1.65. The summed E-state index contributed by atoms with van der Waals surface area (Å²) < 4.78 is 0. The standard InChI is InChI=1S/C15H13Cl2N3O2S/c1-9(19-20-15(22)13-3-2-4-23-13)5-14(21)18-12-7-10(16)6-11(17)8-12/h2-4,6-8H,5H2,1H3,(H,18,21)(H,20,22)/b19-9+. The number of amides is 2. The minimum atomic E-state index is -0.304. The SMILES string of the molecule is C/C(CC(=O)Nc1cc(Cl)cc(Cl)c1)=N\NC(=O)c1cccs1. The van der Waals surface area contributed by atoms with Gasteiger partial charge in [-0.05, 0) is 36.6 Å². The Morgan fingerprint density at radius 2 is 1.91 bits per heavy atom. The predicted octanol–water partition coefficient (Wildman–Crippen LogP) is 4.19. The average molecular weight is 370 g/mol. The highest BCUT2D eigenvalue weighted by Gasteiger charge is 2.08. The second-order valence-electron chi connectivity index (χ2n) is 4.65. The largest absolute Gasteiger partial charge is 0.326 e. The van der Waals surface area contributed by atoms with E-state index in [-0.39, 0.29) is 18.2 Å². The lowest BCUT2D eigenvalue weighted by Gasteiger charge is -2.06. The smallest absolute Gasteiger partial charge is 0.281 e. The molecule has 0 aliphatic heterocycles. The van der Waals surface area contributed by atoms with Crippen LogP contribution in [-0.2, 0) is 4.79 Å². The third-order valence-corrected chi connectivity index (χ3v) is 3.96. The van der Waals surface area contributed by atoms with Gasteiger partial charge >= 0.3 is 0 Å². The van der Waals surface area contributed by atoms with Gasteiger partial charge in [-0.1, -0.05) is 29.3 Å². The maximum atomic E-state index is 11.9. The monoisotopic (exact) mass is 369 g/mol. The van der Waals surface area contributed by atoms with Gasteiger partial charge in [0.1, 0.15) is 0 Å². The molecule has 8 heteroatoms. The predicted molar refractivity (Wildman–Crippen MR) is 94.6 cm³/mol. The minimum absolute atomic E-state index is 0.0366. The Kier molecular flexibility index (Phi) is 6.15. The van der Waals surface area contributed by atoms with Crippen LogP contribution in [0.3, 0.4) is 0 Å². The van der Waals surface area contributed by atoms with Crippen molar-refractivity contribution >= 4 is 57.8 Å². The van der Waals surface area contributed by atoms with Crippen LogP contribution in [0.15, 0.2) is 40.8 Å². The van der Waals surface area contributed by atoms with Crippen molar-refractivity contribution in [2.45, 2.75) is 13.3 Å². The average Bonchev–Trinajstić information content (AvgIpc) is 2.97. The number of hydrogen-bond donors (Lipinski definition) is 2. The number of nitrogens with zero attached hydrogens (tertiary/aromatic N) is 1. The molecule has 23 heavy (non-hydrogen) atoms. The molecule has 0 bridgehead atoms. The Morgan fingerprint density at radius 1 is 1.22 bits per heavy atom. The first kappa shape index (κ1) is 17.5. The number of rotatable bonds is 5.